The number of carbonyl (C=O) groups is 1. The molecule has 4 aromatic carbocycles. The molecule has 0 aliphatic carbocycles. The van der Waals surface area contributed by atoms with Crippen LogP contribution in [0.1, 0.15) is 44.4 Å². The smallest absolute Gasteiger partial charge is 0.295 e. The number of para-hydroxylation sites is 1. The van der Waals surface area contributed by atoms with Crippen LogP contribution in [0.2, 0.25) is 0 Å². The molecule has 0 saturated carbocycles. The number of rotatable bonds is 5. The SMILES string of the molecule is Cc1cc2oc3c(c(=O)c2cc1C)C(c1ccc(OCc2ccccc2)cc1)N(c1ccccc1)C3=O. The molecule has 6 rings (SSSR count). The summed E-state index contributed by atoms with van der Waals surface area (Å²) >= 11 is 0. The number of benzene rings is 4. The van der Waals surface area contributed by atoms with E-state index in [4.69, 9.17) is 9.15 Å². The molecule has 0 fully saturated rings. The lowest BCUT2D eigenvalue weighted by atomic mass is 9.97. The first-order valence-corrected chi connectivity index (χ1v) is 12.2. The average Bonchev–Trinajstić information content (AvgIpc) is 3.22. The number of aryl methyl sites for hydroxylation is 2. The van der Waals surface area contributed by atoms with E-state index in [1.807, 2.05) is 111 Å². The number of carbonyl (C=O) groups excluding carboxylic acids is 1. The summed E-state index contributed by atoms with van der Waals surface area (Å²) in [6, 6.07) is 30.0. The molecule has 5 aromatic rings. The first-order chi connectivity index (χ1) is 18.0. The van der Waals surface area contributed by atoms with Crippen LogP contribution in [0.25, 0.3) is 11.0 Å². The molecule has 0 saturated heterocycles. The van der Waals surface area contributed by atoms with Gasteiger partial charge < -0.3 is 9.15 Å². The Kier molecular flexibility index (Phi) is 5.61. The van der Waals surface area contributed by atoms with Crippen molar-refractivity contribution in [2.75, 3.05) is 4.90 Å². The van der Waals surface area contributed by atoms with Gasteiger partial charge in [0.15, 0.2) is 5.43 Å². The molecular formula is C32H25NO4. The highest BCUT2D eigenvalue weighted by Gasteiger charge is 2.43. The van der Waals surface area contributed by atoms with Crippen LogP contribution in [0, 0.1) is 13.8 Å². The highest BCUT2D eigenvalue weighted by Crippen LogP contribution is 2.41. The largest absolute Gasteiger partial charge is 0.489 e. The van der Waals surface area contributed by atoms with E-state index in [1.165, 1.54) is 0 Å². The molecule has 0 radical (unpaired) electrons. The van der Waals surface area contributed by atoms with Crippen molar-refractivity contribution in [1.82, 2.24) is 0 Å². The van der Waals surface area contributed by atoms with Crippen LogP contribution >= 0.6 is 0 Å². The molecule has 37 heavy (non-hydrogen) atoms. The number of fused-ring (bicyclic) bond motifs is 2. The Hall–Kier alpha value is -4.64. The van der Waals surface area contributed by atoms with Crippen LogP contribution in [0.4, 0.5) is 5.69 Å². The summed E-state index contributed by atoms with van der Waals surface area (Å²) in [5, 5.41) is 0.484. The molecule has 5 heteroatoms. The van der Waals surface area contributed by atoms with Crippen molar-refractivity contribution in [2.24, 2.45) is 0 Å². The maximum atomic E-state index is 13.9. The second-order valence-corrected chi connectivity index (χ2v) is 9.36. The Labute approximate surface area is 214 Å². The van der Waals surface area contributed by atoms with E-state index in [0.29, 0.717) is 34.6 Å². The van der Waals surface area contributed by atoms with Gasteiger partial charge in [0.2, 0.25) is 5.76 Å². The van der Waals surface area contributed by atoms with Crippen molar-refractivity contribution in [3.63, 3.8) is 0 Å². The molecule has 0 spiro atoms. The van der Waals surface area contributed by atoms with E-state index >= 15 is 0 Å². The normalized spacial score (nSPS) is 14.7. The third kappa shape index (κ3) is 3.99. The maximum absolute atomic E-state index is 13.9. The van der Waals surface area contributed by atoms with Crippen molar-refractivity contribution >= 4 is 22.6 Å². The fourth-order valence-electron chi connectivity index (χ4n) is 4.89. The summed E-state index contributed by atoms with van der Waals surface area (Å²) in [7, 11) is 0. The number of hydrogen-bond donors (Lipinski definition) is 0. The van der Waals surface area contributed by atoms with Crippen molar-refractivity contribution in [3.05, 3.63) is 141 Å². The molecule has 2 heterocycles. The van der Waals surface area contributed by atoms with Gasteiger partial charge in [0.05, 0.1) is 17.0 Å². The van der Waals surface area contributed by atoms with Gasteiger partial charge in [-0.05, 0) is 72.5 Å². The van der Waals surface area contributed by atoms with Gasteiger partial charge in [-0.3, -0.25) is 14.5 Å². The van der Waals surface area contributed by atoms with E-state index in [9.17, 15) is 9.59 Å². The van der Waals surface area contributed by atoms with E-state index < -0.39 is 6.04 Å². The molecule has 182 valence electrons. The Balaban J connectivity index is 1.45. The Morgan fingerprint density at radius 3 is 2.16 bits per heavy atom. The Morgan fingerprint density at radius 2 is 1.46 bits per heavy atom. The zero-order valence-corrected chi connectivity index (χ0v) is 20.6. The Morgan fingerprint density at radius 1 is 0.811 bits per heavy atom. The number of hydrogen-bond acceptors (Lipinski definition) is 4. The molecule has 0 bridgehead atoms. The monoisotopic (exact) mass is 487 g/mol. The number of amides is 1. The molecule has 1 aromatic heterocycles. The van der Waals surface area contributed by atoms with Crippen molar-refractivity contribution in [2.45, 2.75) is 26.5 Å². The fourth-order valence-corrected chi connectivity index (χ4v) is 4.89. The van der Waals surface area contributed by atoms with Crippen LogP contribution in [0.15, 0.2) is 106 Å². The first-order valence-electron chi connectivity index (χ1n) is 12.2. The maximum Gasteiger partial charge on any atom is 0.295 e. The third-order valence-electron chi connectivity index (χ3n) is 6.97. The van der Waals surface area contributed by atoms with Crippen LogP contribution in [0.3, 0.4) is 0 Å². The number of anilines is 1. The van der Waals surface area contributed by atoms with Crippen LogP contribution in [-0.4, -0.2) is 5.91 Å². The minimum atomic E-state index is -0.615. The zero-order valence-electron chi connectivity index (χ0n) is 20.6. The van der Waals surface area contributed by atoms with Crippen LogP contribution < -0.4 is 15.1 Å². The first kappa shape index (κ1) is 22.8. The Bertz CT molecular complexity index is 1670. The number of nitrogens with zero attached hydrogens (tertiary/aromatic N) is 1. The molecule has 5 nitrogen and oxygen atoms in total. The van der Waals surface area contributed by atoms with Crippen molar-refractivity contribution in [1.29, 1.82) is 0 Å². The summed E-state index contributed by atoms with van der Waals surface area (Å²) in [4.78, 5) is 29.2. The zero-order chi connectivity index (χ0) is 25.5. The van der Waals surface area contributed by atoms with Gasteiger partial charge in [0.1, 0.15) is 17.9 Å². The average molecular weight is 488 g/mol. The lowest BCUT2D eigenvalue weighted by molar-refractivity contribution is 0.0971. The van der Waals surface area contributed by atoms with E-state index in [0.717, 1.165) is 22.3 Å². The van der Waals surface area contributed by atoms with E-state index in [-0.39, 0.29) is 17.1 Å². The van der Waals surface area contributed by atoms with Gasteiger partial charge in [-0.1, -0.05) is 60.7 Å². The predicted octanol–water partition coefficient (Wildman–Crippen LogP) is 6.74. The minimum absolute atomic E-state index is 0.0963. The van der Waals surface area contributed by atoms with E-state index in [2.05, 4.69) is 0 Å². The summed E-state index contributed by atoms with van der Waals surface area (Å²) in [6.45, 7) is 4.38. The predicted molar refractivity (Wildman–Crippen MR) is 144 cm³/mol. The van der Waals surface area contributed by atoms with E-state index in [1.54, 1.807) is 4.90 Å². The minimum Gasteiger partial charge on any atom is -0.489 e. The summed E-state index contributed by atoms with van der Waals surface area (Å²) in [5.41, 5.74) is 5.19. The van der Waals surface area contributed by atoms with Crippen molar-refractivity contribution < 1.29 is 13.9 Å². The molecule has 1 aliphatic heterocycles. The van der Waals surface area contributed by atoms with Gasteiger partial charge in [0, 0.05) is 5.69 Å². The second-order valence-electron chi connectivity index (χ2n) is 9.36. The van der Waals surface area contributed by atoms with Gasteiger partial charge in [-0.15, -0.1) is 0 Å². The standard InChI is InChI=1S/C32H25NO4/c1-20-17-26-27(18-21(20)2)37-31-28(30(26)34)29(33(32(31)35)24-11-7-4-8-12-24)23-13-15-25(16-14-23)36-19-22-9-5-3-6-10-22/h3-18,29H,19H2,1-2H3. The number of ether oxygens (including phenoxy) is 1. The summed E-state index contributed by atoms with van der Waals surface area (Å²) in [5.74, 6) is 0.479. The van der Waals surface area contributed by atoms with Gasteiger partial charge in [-0.25, -0.2) is 0 Å². The highest BCUT2D eigenvalue weighted by molar-refractivity contribution is 6.10. The molecule has 1 atom stereocenters. The topological polar surface area (TPSA) is 59.8 Å². The molecule has 0 N–H and O–H groups in total. The highest BCUT2D eigenvalue weighted by atomic mass is 16.5. The summed E-state index contributed by atoms with van der Waals surface area (Å²) in [6.07, 6.45) is 0. The van der Waals surface area contributed by atoms with Crippen LogP contribution in [-0.2, 0) is 6.61 Å². The lowest BCUT2D eigenvalue weighted by Crippen LogP contribution is -2.29. The molecule has 1 amide bonds. The van der Waals surface area contributed by atoms with Gasteiger partial charge in [0.25, 0.3) is 5.91 Å². The third-order valence-corrected chi connectivity index (χ3v) is 6.97. The molecule has 1 aliphatic rings. The quantitative estimate of drug-likeness (QED) is 0.276. The van der Waals surface area contributed by atoms with Crippen molar-refractivity contribution in [3.8, 4) is 5.75 Å². The second kappa shape index (κ2) is 9.10. The lowest BCUT2D eigenvalue weighted by Gasteiger charge is -2.25. The molecular weight excluding hydrogens is 462 g/mol. The molecule has 1 unspecified atom stereocenters. The fraction of sp³-hybridized carbons (Fsp3) is 0.125. The van der Waals surface area contributed by atoms with Gasteiger partial charge in [-0.2, -0.15) is 0 Å². The van der Waals surface area contributed by atoms with Crippen LogP contribution in [0.5, 0.6) is 5.75 Å². The summed E-state index contributed by atoms with van der Waals surface area (Å²) < 4.78 is 12.1. The van der Waals surface area contributed by atoms with Gasteiger partial charge >= 0.3 is 0 Å².